The summed E-state index contributed by atoms with van der Waals surface area (Å²) in [6, 6.07) is 5.10. The van der Waals surface area contributed by atoms with Crippen molar-refractivity contribution in [3.05, 3.63) is 41.4 Å². The van der Waals surface area contributed by atoms with Crippen molar-refractivity contribution < 1.29 is 9.53 Å². The molecule has 0 unspecified atom stereocenters. The molecule has 14 heavy (non-hydrogen) atoms. The summed E-state index contributed by atoms with van der Waals surface area (Å²) in [6.07, 6.45) is 1.60. The van der Waals surface area contributed by atoms with E-state index in [2.05, 4.69) is 6.58 Å². The summed E-state index contributed by atoms with van der Waals surface area (Å²) in [5.41, 5.74) is 0.499. The number of carbonyl (C=O) groups excluding carboxylic acids is 1. The summed E-state index contributed by atoms with van der Waals surface area (Å²) in [4.78, 5) is 11.2. The lowest BCUT2D eigenvalue weighted by Gasteiger charge is -2.09. The quantitative estimate of drug-likeness (QED) is 0.564. The lowest BCUT2D eigenvalue weighted by atomic mass is 10.1. The molecule has 0 bridgehead atoms. The number of ether oxygens (including phenoxy) is 1. The lowest BCUT2D eigenvalue weighted by Crippen LogP contribution is -2.01. The lowest BCUT2D eigenvalue weighted by molar-refractivity contribution is 0.101. The van der Waals surface area contributed by atoms with Gasteiger partial charge < -0.3 is 4.74 Å². The second-order valence-corrected chi connectivity index (χ2v) is 3.18. The van der Waals surface area contributed by atoms with E-state index in [0.717, 1.165) is 0 Å². The number of ketones is 1. The van der Waals surface area contributed by atoms with Crippen molar-refractivity contribution in [1.29, 1.82) is 0 Å². The van der Waals surface area contributed by atoms with Gasteiger partial charge in [0.25, 0.3) is 0 Å². The van der Waals surface area contributed by atoms with Gasteiger partial charge in [-0.1, -0.05) is 30.3 Å². The number of hydrogen-bond donors (Lipinski definition) is 0. The van der Waals surface area contributed by atoms with Crippen LogP contribution >= 0.6 is 11.6 Å². The predicted molar refractivity (Wildman–Crippen MR) is 57.1 cm³/mol. The highest BCUT2D eigenvalue weighted by Crippen LogP contribution is 2.28. The first-order chi connectivity index (χ1) is 6.66. The topological polar surface area (TPSA) is 26.3 Å². The third-order valence-electron chi connectivity index (χ3n) is 1.69. The molecular weight excluding hydrogens is 200 g/mol. The van der Waals surface area contributed by atoms with Crippen molar-refractivity contribution in [3.63, 3.8) is 0 Å². The molecule has 0 aliphatic heterocycles. The van der Waals surface area contributed by atoms with E-state index in [1.165, 1.54) is 6.92 Å². The molecule has 1 aromatic carbocycles. The van der Waals surface area contributed by atoms with E-state index >= 15 is 0 Å². The Labute approximate surface area is 88.1 Å². The minimum Gasteiger partial charge on any atom is -0.487 e. The Morgan fingerprint density at radius 1 is 1.64 bits per heavy atom. The van der Waals surface area contributed by atoms with Crippen molar-refractivity contribution in [2.24, 2.45) is 0 Å². The van der Waals surface area contributed by atoms with Crippen LogP contribution in [0.5, 0.6) is 5.75 Å². The monoisotopic (exact) mass is 210 g/mol. The van der Waals surface area contributed by atoms with Crippen molar-refractivity contribution >= 4 is 17.4 Å². The van der Waals surface area contributed by atoms with Crippen LogP contribution in [0.25, 0.3) is 0 Å². The molecule has 2 nitrogen and oxygen atoms in total. The fraction of sp³-hybridized carbons (Fsp3) is 0.182. The van der Waals surface area contributed by atoms with Gasteiger partial charge >= 0.3 is 0 Å². The number of hydrogen-bond acceptors (Lipinski definition) is 2. The molecule has 1 rings (SSSR count). The van der Waals surface area contributed by atoms with Crippen LogP contribution in [0.3, 0.4) is 0 Å². The number of rotatable bonds is 4. The van der Waals surface area contributed by atoms with Gasteiger partial charge in [-0.2, -0.15) is 0 Å². The molecule has 0 saturated heterocycles. The van der Waals surface area contributed by atoms with E-state index in [4.69, 9.17) is 16.3 Å². The first kappa shape index (κ1) is 10.8. The highest BCUT2D eigenvalue weighted by Gasteiger charge is 2.11. The van der Waals surface area contributed by atoms with Gasteiger partial charge in [-0.05, 0) is 19.1 Å². The molecular formula is C11H11ClO2. The molecule has 0 saturated carbocycles. The zero-order valence-electron chi connectivity index (χ0n) is 7.92. The van der Waals surface area contributed by atoms with Gasteiger partial charge in [0.2, 0.25) is 0 Å². The highest BCUT2D eigenvalue weighted by atomic mass is 35.5. The largest absolute Gasteiger partial charge is 0.487 e. The van der Waals surface area contributed by atoms with E-state index in [-0.39, 0.29) is 5.78 Å². The second-order valence-electron chi connectivity index (χ2n) is 2.77. The van der Waals surface area contributed by atoms with E-state index in [9.17, 15) is 4.79 Å². The zero-order chi connectivity index (χ0) is 10.6. The number of benzene rings is 1. The molecule has 74 valence electrons. The average Bonchev–Trinajstić information content (AvgIpc) is 2.15. The van der Waals surface area contributed by atoms with Crippen LogP contribution in [0.2, 0.25) is 5.02 Å². The van der Waals surface area contributed by atoms with E-state index in [0.29, 0.717) is 22.9 Å². The molecule has 0 spiro atoms. The highest BCUT2D eigenvalue weighted by molar-refractivity contribution is 6.32. The van der Waals surface area contributed by atoms with Gasteiger partial charge in [-0.3, -0.25) is 4.79 Å². The number of Topliss-reactive ketones (excluding diaryl/α,β-unsaturated/α-hetero) is 1. The van der Waals surface area contributed by atoms with Crippen molar-refractivity contribution in [2.45, 2.75) is 6.92 Å². The van der Waals surface area contributed by atoms with Gasteiger partial charge in [0.05, 0.1) is 10.6 Å². The van der Waals surface area contributed by atoms with Crippen LogP contribution in [-0.2, 0) is 0 Å². The number of halogens is 1. The number of para-hydroxylation sites is 1. The molecule has 0 atom stereocenters. The third kappa shape index (κ3) is 2.36. The molecule has 3 heteroatoms. The molecule has 0 radical (unpaired) electrons. The normalized spacial score (nSPS) is 9.57. The van der Waals surface area contributed by atoms with Crippen molar-refractivity contribution in [3.8, 4) is 5.75 Å². The summed E-state index contributed by atoms with van der Waals surface area (Å²) >= 11 is 5.90. The molecule has 0 aliphatic rings. The van der Waals surface area contributed by atoms with E-state index in [1.807, 2.05) is 0 Å². The standard InChI is InChI=1S/C11H11ClO2/c1-3-7-14-11-9(8(2)13)5-4-6-10(11)12/h3-6H,1,7H2,2H3. The first-order valence-electron chi connectivity index (χ1n) is 4.20. The Morgan fingerprint density at radius 2 is 2.36 bits per heavy atom. The van der Waals surface area contributed by atoms with Crippen LogP contribution in [0.1, 0.15) is 17.3 Å². The summed E-state index contributed by atoms with van der Waals surface area (Å²) in [5, 5.41) is 0.444. The smallest absolute Gasteiger partial charge is 0.163 e. The van der Waals surface area contributed by atoms with Crippen LogP contribution in [0.15, 0.2) is 30.9 Å². The Kier molecular flexibility index (Phi) is 3.72. The minimum absolute atomic E-state index is 0.0634. The summed E-state index contributed by atoms with van der Waals surface area (Å²) < 4.78 is 5.31. The maximum absolute atomic E-state index is 11.2. The van der Waals surface area contributed by atoms with Crippen molar-refractivity contribution in [2.75, 3.05) is 6.61 Å². The molecule has 0 aromatic heterocycles. The fourth-order valence-electron chi connectivity index (χ4n) is 1.08. The molecule has 0 fully saturated rings. The second kappa shape index (κ2) is 4.82. The van der Waals surface area contributed by atoms with Gasteiger partial charge in [-0.25, -0.2) is 0 Å². The van der Waals surface area contributed by atoms with E-state index in [1.54, 1.807) is 24.3 Å². The summed E-state index contributed by atoms with van der Waals surface area (Å²) in [5.74, 6) is 0.369. The molecule has 0 amide bonds. The third-order valence-corrected chi connectivity index (χ3v) is 1.99. The number of carbonyl (C=O) groups is 1. The Bertz CT molecular complexity index is 358. The summed E-state index contributed by atoms with van der Waals surface area (Å²) in [6.45, 7) is 5.34. The van der Waals surface area contributed by atoms with Crippen LogP contribution < -0.4 is 4.74 Å². The SMILES string of the molecule is C=CCOc1c(Cl)cccc1C(C)=O. The van der Waals surface area contributed by atoms with Crippen LogP contribution in [-0.4, -0.2) is 12.4 Å². The Morgan fingerprint density at radius 3 is 2.93 bits per heavy atom. The van der Waals surface area contributed by atoms with Gasteiger partial charge in [0, 0.05) is 0 Å². The predicted octanol–water partition coefficient (Wildman–Crippen LogP) is 3.11. The zero-order valence-corrected chi connectivity index (χ0v) is 8.67. The Hall–Kier alpha value is -1.28. The molecule has 0 heterocycles. The van der Waals surface area contributed by atoms with Gasteiger partial charge in [0.15, 0.2) is 5.78 Å². The molecule has 0 N–H and O–H groups in total. The van der Waals surface area contributed by atoms with Gasteiger partial charge in [0.1, 0.15) is 12.4 Å². The Balaban J connectivity index is 3.08. The average molecular weight is 211 g/mol. The first-order valence-corrected chi connectivity index (χ1v) is 4.57. The fourth-order valence-corrected chi connectivity index (χ4v) is 1.30. The molecule has 1 aromatic rings. The van der Waals surface area contributed by atoms with E-state index < -0.39 is 0 Å². The minimum atomic E-state index is -0.0634. The maximum Gasteiger partial charge on any atom is 0.163 e. The van der Waals surface area contributed by atoms with Crippen molar-refractivity contribution in [1.82, 2.24) is 0 Å². The maximum atomic E-state index is 11.2. The van der Waals surface area contributed by atoms with Crippen LogP contribution in [0, 0.1) is 0 Å². The van der Waals surface area contributed by atoms with Gasteiger partial charge in [-0.15, -0.1) is 0 Å². The molecule has 0 aliphatic carbocycles. The van der Waals surface area contributed by atoms with Crippen LogP contribution in [0.4, 0.5) is 0 Å². The summed E-state index contributed by atoms with van der Waals surface area (Å²) in [7, 11) is 0.